The van der Waals surface area contributed by atoms with Crippen LogP contribution in [0, 0.1) is 0 Å². The number of nitrogens with one attached hydrogen (secondary N) is 1. The highest BCUT2D eigenvalue weighted by Gasteiger charge is 2.11. The van der Waals surface area contributed by atoms with E-state index in [4.69, 9.17) is 16.3 Å². The maximum absolute atomic E-state index is 11.8. The number of thioether (sulfide) groups is 1. The molecule has 0 spiro atoms. The van der Waals surface area contributed by atoms with E-state index in [1.165, 1.54) is 11.8 Å². The first-order valence-corrected chi connectivity index (χ1v) is 8.86. The Labute approximate surface area is 148 Å². The summed E-state index contributed by atoms with van der Waals surface area (Å²) < 4.78 is 6.64. The topological polar surface area (TPSA) is 72.8 Å². The van der Waals surface area contributed by atoms with Crippen molar-refractivity contribution in [1.82, 2.24) is 19.7 Å². The fraction of sp³-hybridized carbons (Fsp3) is 0.312. The van der Waals surface area contributed by atoms with Gasteiger partial charge >= 0.3 is 5.69 Å². The van der Waals surface area contributed by atoms with E-state index in [1.54, 1.807) is 11.7 Å². The number of benzene rings is 1. The summed E-state index contributed by atoms with van der Waals surface area (Å²) >= 11 is 7.74. The van der Waals surface area contributed by atoms with Crippen LogP contribution in [0.5, 0.6) is 0 Å². The lowest BCUT2D eigenvalue weighted by Gasteiger charge is -2.07. The Morgan fingerprint density at radius 1 is 1.38 bits per heavy atom. The van der Waals surface area contributed by atoms with E-state index >= 15 is 0 Å². The van der Waals surface area contributed by atoms with Gasteiger partial charge in [0.2, 0.25) is 0 Å². The SMILES string of the molecule is COCCCn1c(SCc2cc3ccccc3nc2Cl)n[nH]c1=O. The van der Waals surface area contributed by atoms with Gasteiger partial charge < -0.3 is 4.74 Å². The minimum atomic E-state index is -0.212. The number of pyridine rings is 1. The predicted octanol–water partition coefficient (Wildman–Crippen LogP) is 3.10. The standard InChI is InChI=1S/C16H17ClN4O2S/c1-23-8-4-7-21-15(22)19-20-16(21)24-10-12-9-11-5-2-3-6-13(11)18-14(12)17/h2-3,5-6,9H,4,7-8,10H2,1H3,(H,19,22). The number of fused-ring (bicyclic) bond motifs is 1. The van der Waals surface area contributed by atoms with Gasteiger partial charge in [-0.05, 0) is 18.6 Å². The lowest BCUT2D eigenvalue weighted by atomic mass is 10.2. The van der Waals surface area contributed by atoms with Gasteiger partial charge in [-0.25, -0.2) is 14.9 Å². The number of H-pyrrole nitrogens is 1. The van der Waals surface area contributed by atoms with Crippen LogP contribution in [0.3, 0.4) is 0 Å². The zero-order valence-electron chi connectivity index (χ0n) is 13.2. The molecule has 1 N–H and O–H groups in total. The minimum Gasteiger partial charge on any atom is -0.385 e. The van der Waals surface area contributed by atoms with Gasteiger partial charge in [0.1, 0.15) is 5.15 Å². The predicted molar refractivity (Wildman–Crippen MR) is 95.7 cm³/mol. The summed E-state index contributed by atoms with van der Waals surface area (Å²) in [6.07, 6.45) is 0.752. The summed E-state index contributed by atoms with van der Waals surface area (Å²) in [5.41, 5.74) is 1.57. The van der Waals surface area contributed by atoms with Gasteiger partial charge in [0.25, 0.3) is 0 Å². The maximum Gasteiger partial charge on any atom is 0.343 e. The van der Waals surface area contributed by atoms with Gasteiger partial charge in [0, 0.05) is 37.0 Å². The first kappa shape index (κ1) is 17.0. The summed E-state index contributed by atoms with van der Waals surface area (Å²) in [5.74, 6) is 0.589. The molecule has 3 rings (SSSR count). The second kappa shape index (κ2) is 7.83. The molecule has 6 nitrogen and oxygen atoms in total. The molecule has 0 aliphatic heterocycles. The Morgan fingerprint density at radius 3 is 3.04 bits per heavy atom. The Bertz CT molecular complexity index is 893. The summed E-state index contributed by atoms with van der Waals surface area (Å²) in [7, 11) is 1.64. The summed E-state index contributed by atoms with van der Waals surface area (Å²) in [4.78, 5) is 16.3. The van der Waals surface area contributed by atoms with E-state index in [9.17, 15) is 4.79 Å². The third-order valence-electron chi connectivity index (χ3n) is 3.56. The van der Waals surface area contributed by atoms with Crippen molar-refractivity contribution in [1.29, 1.82) is 0 Å². The van der Waals surface area contributed by atoms with Gasteiger partial charge in [0.05, 0.1) is 5.52 Å². The molecule has 0 aliphatic carbocycles. The highest BCUT2D eigenvalue weighted by molar-refractivity contribution is 7.98. The van der Waals surface area contributed by atoms with E-state index in [0.717, 1.165) is 22.9 Å². The number of para-hydroxylation sites is 1. The third kappa shape index (κ3) is 3.80. The van der Waals surface area contributed by atoms with Crippen molar-refractivity contribution in [3.8, 4) is 0 Å². The van der Waals surface area contributed by atoms with E-state index in [-0.39, 0.29) is 5.69 Å². The van der Waals surface area contributed by atoms with Gasteiger partial charge in [-0.15, -0.1) is 5.10 Å². The molecular formula is C16H17ClN4O2S. The number of aromatic amines is 1. The van der Waals surface area contributed by atoms with Crippen LogP contribution in [0.25, 0.3) is 10.9 Å². The molecule has 126 valence electrons. The van der Waals surface area contributed by atoms with Gasteiger partial charge in [-0.2, -0.15) is 0 Å². The van der Waals surface area contributed by atoms with Crippen LogP contribution >= 0.6 is 23.4 Å². The number of methoxy groups -OCH3 is 1. The Kier molecular flexibility index (Phi) is 5.55. The van der Waals surface area contributed by atoms with Crippen molar-refractivity contribution >= 4 is 34.3 Å². The Morgan fingerprint density at radius 2 is 2.21 bits per heavy atom. The van der Waals surface area contributed by atoms with Crippen LogP contribution in [0.15, 0.2) is 40.3 Å². The van der Waals surface area contributed by atoms with Crippen LogP contribution < -0.4 is 5.69 Å². The second-order valence-corrected chi connectivity index (χ2v) is 6.53. The first-order valence-electron chi connectivity index (χ1n) is 7.50. The number of nitrogens with zero attached hydrogens (tertiary/aromatic N) is 3. The highest BCUT2D eigenvalue weighted by atomic mass is 35.5. The molecule has 0 saturated heterocycles. The molecule has 0 aliphatic rings. The molecular weight excluding hydrogens is 348 g/mol. The Balaban J connectivity index is 1.76. The minimum absolute atomic E-state index is 0.212. The van der Waals surface area contributed by atoms with Crippen molar-refractivity contribution in [2.75, 3.05) is 13.7 Å². The van der Waals surface area contributed by atoms with E-state index in [2.05, 4.69) is 15.2 Å². The van der Waals surface area contributed by atoms with E-state index in [1.807, 2.05) is 30.3 Å². The smallest absolute Gasteiger partial charge is 0.343 e. The molecule has 0 fully saturated rings. The van der Waals surface area contributed by atoms with Crippen LogP contribution in [0.1, 0.15) is 12.0 Å². The van der Waals surface area contributed by atoms with Gasteiger partial charge in [0.15, 0.2) is 5.16 Å². The number of ether oxygens (including phenoxy) is 1. The highest BCUT2D eigenvalue weighted by Crippen LogP contribution is 2.27. The molecule has 8 heteroatoms. The summed E-state index contributed by atoms with van der Waals surface area (Å²) in [6, 6.07) is 9.86. The fourth-order valence-corrected chi connectivity index (χ4v) is 3.59. The lowest BCUT2D eigenvalue weighted by molar-refractivity contribution is 0.189. The van der Waals surface area contributed by atoms with Gasteiger partial charge in [-0.1, -0.05) is 41.6 Å². The quantitative estimate of drug-likeness (QED) is 0.396. The van der Waals surface area contributed by atoms with Crippen LogP contribution in [0.2, 0.25) is 5.15 Å². The molecule has 3 aromatic rings. The molecule has 0 atom stereocenters. The molecule has 0 radical (unpaired) electrons. The zero-order valence-corrected chi connectivity index (χ0v) is 14.7. The molecule has 0 bridgehead atoms. The fourth-order valence-electron chi connectivity index (χ4n) is 2.36. The van der Waals surface area contributed by atoms with Crippen LogP contribution in [-0.4, -0.2) is 33.5 Å². The van der Waals surface area contributed by atoms with Crippen molar-refractivity contribution in [3.63, 3.8) is 0 Å². The number of hydrogen-bond acceptors (Lipinski definition) is 5. The van der Waals surface area contributed by atoms with Crippen LogP contribution in [0.4, 0.5) is 0 Å². The summed E-state index contributed by atoms with van der Waals surface area (Å²) in [5, 5.41) is 8.73. The van der Waals surface area contributed by atoms with Crippen molar-refractivity contribution in [2.45, 2.75) is 23.9 Å². The third-order valence-corrected chi connectivity index (χ3v) is 4.91. The van der Waals surface area contributed by atoms with E-state index in [0.29, 0.717) is 29.2 Å². The number of hydrogen-bond donors (Lipinski definition) is 1. The number of rotatable bonds is 7. The lowest BCUT2D eigenvalue weighted by Crippen LogP contribution is -2.18. The van der Waals surface area contributed by atoms with E-state index < -0.39 is 0 Å². The molecule has 24 heavy (non-hydrogen) atoms. The second-order valence-electron chi connectivity index (χ2n) is 5.23. The zero-order chi connectivity index (χ0) is 16.9. The van der Waals surface area contributed by atoms with Crippen molar-refractivity contribution < 1.29 is 4.74 Å². The average molecular weight is 365 g/mol. The maximum atomic E-state index is 11.8. The normalized spacial score (nSPS) is 11.2. The molecule has 0 saturated carbocycles. The number of halogens is 1. The molecule has 0 unspecified atom stereocenters. The molecule has 2 heterocycles. The van der Waals surface area contributed by atoms with Crippen molar-refractivity contribution in [2.24, 2.45) is 0 Å². The first-order chi connectivity index (χ1) is 11.7. The van der Waals surface area contributed by atoms with Gasteiger partial charge in [-0.3, -0.25) is 4.57 Å². The van der Waals surface area contributed by atoms with Crippen molar-refractivity contribution in [3.05, 3.63) is 51.5 Å². The molecule has 1 aromatic carbocycles. The Hall–Kier alpha value is -1.83. The largest absolute Gasteiger partial charge is 0.385 e. The monoisotopic (exact) mass is 364 g/mol. The van der Waals surface area contributed by atoms with Crippen LogP contribution in [-0.2, 0) is 17.0 Å². The summed E-state index contributed by atoms with van der Waals surface area (Å²) in [6.45, 7) is 1.16. The number of aromatic nitrogens is 4. The molecule has 2 aromatic heterocycles. The average Bonchev–Trinajstić information content (AvgIpc) is 2.93. The molecule has 0 amide bonds.